The summed E-state index contributed by atoms with van der Waals surface area (Å²) in [6.07, 6.45) is 4.87. The van der Waals surface area contributed by atoms with Gasteiger partial charge in [-0.3, -0.25) is 0 Å². The van der Waals surface area contributed by atoms with Gasteiger partial charge < -0.3 is 0 Å². The first-order chi connectivity index (χ1) is 9.06. The van der Waals surface area contributed by atoms with E-state index in [4.69, 9.17) is 0 Å². The van der Waals surface area contributed by atoms with Crippen LogP contribution in [0.3, 0.4) is 0 Å². The van der Waals surface area contributed by atoms with Crippen LogP contribution in [0, 0.1) is 23.6 Å². The normalized spacial score (nSPS) is 29.8. The Kier molecular flexibility index (Phi) is 3.35. The summed E-state index contributed by atoms with van der Waals surface area (Å²) in [5, 5.41) is 0. The summed E-state index contributed by atoms with van der Waals surface area (Å²) in [4.78, 5) is -0.252. The summed E-state index contributed by atoms with van der Waals surface area (Å²) in [5.41, 5.74) is 0. The molecule has 1 N–H and O–H groups in total. The molecule has 2 aliphatic carbocycles. The van der Waals surface area contributed by atoms with Crippen molar-refractivity contribution in [2.24, 2.45) is 17.8 Å². The molecule has 0 aromatic heterocycles. The summed E-state index contributed by atoms with van der Waals surface area (Å²) >= 11 is 0. The lowest BCUT2D eigenvalue weighted by molar-refractivity contribution is 0.332. The number of hydrogen-bond donors (Lipinski definition) is 1. The minimum atomic E-state index is -3.72. The summed E-state index contributed by atoms with van der Waals surface area (Å²) in [7, 11) is -3.72. The maximum atomic E-state index is 13.5. The molecule has 104 valence electrons. The lowest BCUT2D eigenvalue weighted by atomic mass is 9.89. The van der Waals surface area contributed by atoms with E-state index >= 15 is 0 Å². The van der Waals surface area contributed by atoms with Gasteiger partial charge in [-0.15, -0.1) is 0 Å². The fraction of sp³-hybridized carbons (Fsp3) is 0.571. The summed E-state index contributed by atoms with van der Waals surface area (Å²) in [6, 6.07) is 5.50. The van der Waals surface area contributed by atoms with E-state index in [0.29, 0.717) is 18.4 Å². The van der Waals surface area contributed by atoms with E-state index in [9.17, 15) is 12.8 Å². The molecule has 1 aromatic rings. The fourth-order valence-corrected chi connectivity index (χ4v) is 4.76. The number of sulfonamides is 1. The summed E-state index contributed by atoms with van der Waals surface area (Å²) < 4.78 is 40.2. The van der Waals surface area contributed by atoms with Crippen LogP contribution in [0.25, 0.3) is 0 Å². The topological polar surface area (TPSA) is 46.2 Å². The monoisotopic (exact) mass is 283 g/mol. The molecule has 3 rings (SSSR count). The first-order valence-electron chi connectivity index (χ1n) is 6.80. The molecule has 2 aliphatic rings. The van der Waals surface area contributed by atoms with Gasteiger partial charge in [-0.05, 0) is 49.1 Å². The molecular formula is C14H18FNO2S. The number of nitrogens with one attached hydrogen (secondary N) is 1. The Balaban J connectivity index is 1.68. The third kappa shape index (κ3) is 2.54. The molecular weight excluding hydrogens is 265 g/mol. The van der Waals surface area contributed by atoms with E-state index in [1.54, 1.807) is 0 Å². The highest BCUT2D eigenvalue weighted by molar-refractivity contribution is 7.89. The molecule has 0 radical (unpaired) electrons. The maximum Gasteiger partial charge on any atom is 0.243 e. The molecule has 0 amide bonds. The van der Waals surface area contributed by atoms with Crippen molar-refractivity contribution >= 4 is 10.0 Å². The van der Waals surface area contributed by atoms with Crippen LogP contribution in [-0.4, -0.2) is 15.0 Å². The second-order valence-corrected chi connectivity index (χ2v) is 7.45. The lowest BCUT2D eigenvalue weighted by Gasteiger charge is -2.21. The van der Waals surface area contributed by atoms with E-state index in [1.807, 2.05) is 0 Å². The molecule has 2 bridgehead atoms. The van der Waals surface area contributed by atoms with Gasteiger partial charge >= 0.3 is 0 Å². The molecule has 3 nitrogen and oxygen atoms in total. The van der Waals surface area contributed by atoms with Gasteiger partial charge in [0.1, 0.15) is 10.7 Å². The first-order valence-corrected chi connectivity index (χ1v) is 8.29. The van der Waals surface area contributed by atoms with Gasteiger partial charge in [0.2, 0.25) is 10.0 Å². The van der Waals surface area contributed by atoms with E-state index in [-0.39, 0.29) is 4.90 Å². The number of rotatable bonds is 4. The SMILES string of the molecule is O=S(=O)(NCC1CC2CCC1C2)c1ccccc1F. The highest BCUT2D eigenvalue weighted by Crippen LogP contribution is 2.48. The van der Waals surface area contributed by atoms with Gasteiger partial charge in [0.15, 0.2) is 0 Å². The predicted octanol–water partition coefficient (Wildman–Crippen LogP) is 2.54. The van der Waals surface area contributed by atoms with Gasteiger partial charge in [0.25, 0.3) is 0 Å². The van der Waals surface area contributed by atoms with E-state index in [0.717, 1.165) is 12.3 Å². The van der Waals surface area contributed by atoms with Crippen molar-refractivity contribution in [3.05, 3.63) is 30.1 Å². The Labute approximate surface area is 113 Å². The average molecular weight is 283 g/mol. The molecule has 1 aromatic carbocycles. The Morgan fingerprint density at radius 2 is 2.00 bits per heavy atom. The summed E-state index contributed by atoms with van der Waals surface area (Å²) in [5.74, 6) is 1.18. The standard InChI is InChI=1S/C14H18FNO2S/c15-13-3-1-2-4-14(13)19(17,18)16-9-12-8-10-5-6-11(12)7-10/h1-4,10-12,16H,5-9H2. The van der Waals surface area contributed by atoms with E-state index in [1.165, 1.54) is 43.5 Å². The molecule has 0 aliphatic heterocycles. The van der Waals surface area contributed by atoms with Crippen molar-refractivity contribution in [3.63, 3.8) is 0 Å². The van der Waals surface area contributed by atoms with Gasteiger partial charge in [-0.2, -0.15) is 0 Å². The number of hydrogen-bond acceptors (Lipinski definition) is 2. The molecule has 2 saturated carbocycles. The molecule has 0 saturated heterocycles. The van der Waals surface area contributed by atoms with Crippen LogP contribution in [-0.2, 0) is 10.0 Å². The quantitative estimate of drug-likeness (QED) is 0.923. The van der Waals surface area contributed by atoms with Gasteiger partial charge in [0.05, 0.1) is 0 Å². The Hall–Kier alpha value is -0.940. The van der Waals surface area contributed by atoms with Crippen molar-refractivity contribution in [1.82, 2.24) is 4.72 Å². The Morgan fingerprint density at radius 3 is 2.63 bits per heavy atom. The number of fused-ring (bicyclic) bond motifs is 2. The zero-order valence-electron chi connectivity index (χ0n) is 10.7. The predicted molar refractivity (Wildman–Crippen MR) is 70.5 cm³/mol. The van der Waals surface area contributed by atoms with E-state index < -0.39 is 15.8 Å². The van der Waals surface area contributed by atoms with Crippen LogP contribution in [0.15, 0.2) is 29.2 Å². The van der Waals surface area contributed by atoms with Gasteiger partial charge in [-0.1, -0.05) is 18.6 Å². The largest absolute Gasteiger partial charge is 0.243 e. The molecule has 0 heterocycles. The van der Waals surface area contributed by atoms with Crippen LogP contribution in [0.5, 0.6) is 0 Å². The van der Waals surface area contributed by atoms with Crippen LogP contribution in [0.1, 0.15) is 25.7 Å². The zero-order valence-corrected chi connectivity index (χ0v) is 11.5. The summed E-state index contributed by atoms with van der Waals surface area (Å²) in [6.45, 7) is 0.442. The highest BCUT2D eigenvalue weighted by Gasteiger charge is 2.39. The third-order valence-electron chi connectivity index (χ3n) is 4.55. The van der Waals surface area contributed by atoms with Crippen molar-refractivity contribution in [1.29, 1.82) is 0 Å². The second kappa shape index (κ2) is 4.87. The minimum Gasteiger partial charge on any atom is -0.211 e. The molecule has 2 fully saturated rings. The smallest absolute Gasteiger partial charge is 0.211 e. The first kappa shape index (κ1) is 13.1. The van der Waals surface area contributed by atoms with Crippen LogP contribution < -0.4 is 4.72 Å². The Morgan fingerprint density at radius 1 is 1.21 bits per heavy atom. The molecule has 5 heteroatoms. The van der Waals surface area contributed by atoms with Crippen LogP contribution in [0.2, 0.25) is 0 Å². The molecule has 0 spiro atoms. The van der Waals surface area contributed by atoms with Crippen molar-refractivity contribution in [2.75, 3.05) is 6.54 Å². The Bertz CT molecular complexity index is 573. The minimum absolute atomic E-state index is 0.252. The van der Waals surface area contributed by atoms with Gasteiger partial charge in [-0.25, -0.2) is 17.5 Å². The molecule has 3 atom stereocenters. The van der Waals surface area contributed by atoms with Crippen molar-refractivity contribution in [2.45, 2.75) is 30.6 Å². The third-order valence-corrected chi connectivity index (χ3v) is 6.00. The molecule has 3 unspecified atom stereocenters. The number of benzene rings is 1. The van der Waals surface area contributed by atoms with Gasteiger partial charge in [0, 0.05) is 6.54 Å². The average Bonchev–Trinajstić information content (AvgIpc) is 2.99. The number of halogens is 1. The molecule has 19 heavy (non-hydrogen) atoms. The van der Waals surface area contributed by atoms with E-state index in [2.05, 4.69) is 4.72 Å². The van der Waals surface area contributed by atoms with Crippen LogP contribution >= 0.6 is 0 Å². The van der Waals surface area contributed by atoms with Crippen LogP contribution in [0.4, 0.5) is 4.39 Å². The second-order valence-electron chi connectivity index (χ2n) is 5.72. The van der Waals surface area contributed by atoms with Crippen molar-refractivity contribution in [3.8, 4) is 0 Å². The highest BCUT2D eigenvalue weighted by atomic mass is 32.2. The van der Waals surface area contributed by atoms with Crippen molar-refractivity contribution < 1.29 is 12.8 Å². The lowest BCUT2D eigenvalue weighted by Crippen LogP contribution is -2.32. The maximum absolute atomic E-state index is 13.5. The zero-order chi connectivity index (χ0) is 13.5. The fourth-order valence-electron chi connectivity index (χ4n) is 3.58.